The van der Waals surface area contributed by atoms with Gasteiger partial charge in [0.1, 0.15) is 0 Å². The maximum Gasteiger partial charge on any atom is 0.232 e. The van der Waals surface area contributed by atoms with Gasteiger partial charge in [0.15, 0.2) is 5.82 Å². The Kier molecular flexibility index (Phi) is 3.87. The number of likely N-dealkylation sites (N-methyl/N-ethyl adjacent to an activating group) is 1. The molecule has 1 aliphatic rings. The molecule has 21 heavy (non-hydrogen) atoms. The van der Waals surface area contributed by atoms with Crippen molar-refractivity contribution in [3.63, 3.8) is 0 Å². The summed E-state index contributed by atoms with van der Waals surface area (Å²) in [6.45, 7) is 0.604. The minimum atomic E-state index is -0.0366. The van der Waals surface area contributed by atoms with E-state index in [4.69, 9.17) is 27.7 Å². The molecule has 0 aliphatic carbocycles. The lowest BCUT2D eigenvalue weighted by molar-refractivity contribution is -0.126. The summed E-state index contributed by atoms with van der Waals surface area (Å²) in [5.74, 6) is 1.06. The number of nitrogens with zero attached hydrogens (tertiary/aromatic N) is 3. The van der Waals surface area contributed by atoms with Gasteiger partial charge in [-0.2, -0.15) is 4.98 Å². The standard InChI is InChI=1S/C14H13Cl2N3O2/c1-19-7-8(5-13(19)20)14-17-12(18-21-14)6-9-10(15)3-2-4-11(9)16/h2-4,8H,5-7H2,1H3. The summed E-state index contributed by atoms with van der Waals surface area (Å²) in [4.78, 5) is 17.6. The fraction of sp³-hybridized carbons (Fsp3) is 0.357. The van der Waals surface area contributed by atoms with Gasteiger partial charge in [-0.25, -0.2) is 0 Å². The van der Waals surface area contributed by atoms with Crippen LogP contribution in [0.1, 0.15) is 29.6 Å². The lowest BCUT2D eigenvalue weighted by atomic mass is 10.1. The molecule has 0 bridgehead atoms. The van der Waals surface area contributed by atoms with Crippen molar-refractivity contribution in [2.75, 3.05) is 13.6 Å². The average Bonchev–Trinajstić information content (AvgIpc) is 3.02. The number of halogens is 2. The number of rotatable bonds is 3. The molecule has 7 heteroatoms. The smallest absolute Gasteiger partial charge is 0.232 e. The van der Waals surface area contributed by atoms with Gasteiger partial charge in [-0.3, -0.25) is 4.79 Å². The Hall–Kier alpha value is -1.59. The van der Waals surface area contributed by atoms with Crippen molar-refractivity contribution in [1.82, 2.24) is 15.0 Å². The van der Waals surface area contributed by atoms with Gasteiger partial charge in [0.2, 0.25) is 11.8 Å². The lowest BCUT2D eigenvalue weighted by Gasteiger charge is -2.06. The van der Waals surface area contributed by atoms with Crippen LogP contribution in [-0.4, -0.2) is 34.5 Å². The van der Waals surface area contributed by atoms with E-state index >= 15 is 0 Å². The molecule has 1 aromatic carbocycles. The van der Waals surface area contributed by atoms with Gasteiger partial charge in [0.25, 0.3) is 0 Å². The SMILES string of the molecule is CN1CC(c2nc(Cc3c(Cl)cccc3Cl)no2)CC1=O. The van der Waals surface area contributed by atoms with Crippen LogP contribution in [0.4, 0.5) is 0 Å². The third-order valence-corrected chi connectivity index (χ3v) is 4.28. The highest BCUT2D eigenvalue weighted by Gasteiger charge is 2.32. The monoisotopic (exact) mass is 325 g/mol. The number of carbonyl (C=O) groups is 1. The first kappa shape index (κ1) is 14.4. The van der Waals surface area contributed by atoms with Crippen molar-refractivity contribution in [2.24, 2.45) is 0 Å². The van der Waals surface area contributed by atoms with Crippen LogP contribution < -0.4 is 0 Å². The number of amides is 1. The summed E-state index contributed by atoms with van der Waals surface area (Å²) >= 11 is 12.3. The quantitative estimate of drug-likeness (QED) is 0.870. The number of carbonyl (C=O) groups excluding carboxylic acids is 1. The van der Waals surface area contributed by atoms with E-state index < -0.39 is 0 Å². The van der Waals surface area contributed by atoms with E-state index in [2.05, 4.69) is 10.1 Å². The zero-order valence-corrected chi connectivity index (χ0v) is 12.9. The molecule has 1 fully saturated rings. The van der Waals surface area contributed by atoms with Crippen LogP contribution in [0.2, 0.25) is 10.0 Å². The summed E-state index contributed by atoms with van der Waals surface area (Å²) < 4.78 is 5.27. The largest absolute Gasteiger partial charge is 0.345 e. The maximum absolute atomic E-state index is 11.5. The second kappa shape index (κ2) is 5.66. The van der Waals surface area contributed by atoms with Gasteiger partial charge in [-0.05, 0) is 17.7 Å². The van der Waals surface area contributed by atoms with Crippen molar-refractivity contribution >= 4 is 29.1 Å². The predicted octanol–water partition coefficient (Wildman–Crippen LogP) is 2.91. The zero-order chi connectivity index (χ0) is 15.0. The molecule has 1 saturated heterocycles. The van der Waals surface area contributed by atoms with E-state index in [1.54, 1.807) is 30.1 Å². The Morgan fingerprint density at radius 1 is 1.38 bits per heavy atom. The van der Waals surface area contributed by atoms with Crippen LogP contribution in [0, 0.1) is 0 Å². The third kappa shape index (κ3) is 2.89. The summed E-state index contributed by atoms with van der Waals surface area (Å²) in [6.07, 6.45) is 0.809. The van der Waals surface area contributed by atoms with E-state index in [9.17, 15) is 4.79 Å². The minimum Gasteiger partial charge on any atom is -0.345 e. The third-order valence-electron chi connectivity index (χ3n) is 3.57. The molecule has 0 N–H and O–H groups in total. The van der Waals surface area contributed by atoms with Crippen molar-refractivity contribution in [2.45, 2.75) is 18.8 Å². The highest BCUT2D eigenvalue weighted by atomic mass is 35.5. The van der Waals surface area contributed by atoms with Crippen LogP contribution in [0.3, 0.4) is 0 Å². The molecule has 1 atom stereocenters. The maximum atomic E-state index is 11.5. The number of benzene rings is 1. The molecule has 1 unspecified atom stereocenters. The van der Waals surface area contributed by atoms with Crippen LogP contribution in [-0.2, 0) is 11.2 Å². The second-order valence-corrected chi connectivity index (χ2v) is 5.92. The molecule has 2 heterocycles. The summed E-state index contributed by atoms with van der Waals surface area (Å²) in [5.41, 5.74) is 0.771. The molecule has 1 aromatic heterocycles. The molecule has 1 amide bonds. The first-order chi connectivity index (χ1) is 10.0. The van der Waals surface area contributed by atoms with Gasteiger partial charge in [0, 0.05) is 36.5 Å². The Bertz CT molecular complexity index is 666. The molecule has 110 valence electrons. The molecular weight excluding hydrogens is 313 g/mol. The highest BCUT2D eigenvalue weighted by molar-refractivity contribution is 6.36. The zero-order valence-electron chi connectivity index (χ0n) is 11.3. The van der Waals surface area contributed by atoms with Crippen LogP contribution >= 0.6 is 23.2 Å². The van der Waals surface area contributed by atoms with Gasteiger partial charge in [-0.15, -0.1) is 0 Å². The van der Waals surface area contributed by atoms with E-state index in [0.717, 1.165) is 5.56 Å². The Labute approximate surface area is 131 Å². The van der Waals surface area contributed by atoms with Crippen LogP contribution in [0.15, 0.2) is 22.7 Å². The summed E-state index contributed by atoms with van der Waals surface area (Å²) in [6, 6.07) is 5.33. The van der Waals surface area contributed by atoms with Gasteiger partial charge in [0.05, 0.1) is 5.92 Å². The number of hydrogen-bond acceptors (Lipinski definition) is 4. The first-order valence-corrected chi connectivity index (χ1v) is 7.29. The molecule has 5 nitrogen and oxygen atoms in total. The van der Waals surface area contributed by atoms with Gasteiger partial charge >= 0.3 is 0 Å². The molecule has 0 radical (unpaired) electrons. The van der Waals surface area contributed by atoms with Crippen molar-refractivity contribution < 1.29 is 9.32 Å². The summed E-state index contributed by atoms with van der Waals surface area (Å²) in [7, 11) is 1.77. The van der Waals surface area contributed by atoms with E-state index in [1.807, 2.05) is 0 Å². The lowest BCUT2D eigenvalue weighted by Crippen LogP contribution is -2.18. The number of hydrogen-bond donors (Lipinski definition) is 0. The fourth-order valence-corrected chi connectivity index (χ4v) is 2.92. The number of aromatic nitrogens is 2. The Morgan fingerprint density at radius 3 is 2.71 bits per heavy atom. The van der Waals surface area contributed by atoms with E-state index in [0.29, 0.717) is 41.1 Å². The molecule has 0 spiro atoms. The minimum absolute atomic E-state index is 0.0366. The van der Waals surface area contributed by atoms with Crippen LogP contribution in [0.25, 0.3) is 0 Å². The summed E-state index contributed by atoms with van der Waals surface area (Å²) in [5, 5.41) is 5.10. The fourth-order valence-electron chi connectivity index (χ4n) is 2.39. The van der Waals surface area contributed by atoms with Crippen molar-refractivity contribution in [3.05, 3.63) is 45.5 Å². The van der Waals surface area contributed by atoms with E-state index in [-0.39, 0.29) is 11.8 Å². The van der Waals surface area contributed by atoms with Crippen molar-refractivity contribution in [3.8, 4) is 0 Å². The predicted molar refractivity (Wildman–Crippen MR) is 78.6 cm³/mol. The highest BCUT2D eigenvalue weighted by Crippen LogP contribution is 2.28. The molecular formula is C14H13Cl2N3O2. The first-order valence-electron chi connectivity index (χ1n) is 6.54. The topological polar surface area (TPSA) is 59.2 Å². The average molecular weight is 326 g/mol. The molecule has 2 aromatic rings. The van der Waals surface area contributed by atoms with E-state index in [1.165, 1.54) is 0 Å². The van der Waals surface area contributed by atoms with Crippen molar-refractivity contribution in [1.29, 1.82) is 0 Å². The van der Waals surface area contributed by atoms with Gasteiger partial charge < -0.3 is 9.42 Å². The second-order valence-electron chi connectivity index (χ2n) is 5.10. The molecule has 1 aliphatic heterocycles. The van der Waals surface area contributed by atoms with Crippen LogP contribution in [0.5, 0.6) is 0 Å². The molecule has 0 saturated carbocycles. The Morgan fingerprint density at radius 2 is 2.10 bits per heavy atom. The normalized spacial score (nSPS) is 18.5. The number of likely N-dealkylation sites (tertiary alicyclic amines) is 1. The van der Waals surface area contributed by atoms with Gasteiger partial charge in [-0.1, -0.05) is 34.4 Å². The molecule has 3 rings (SSSR count). The Balaban J connectivity index is 1.78.